The van der Waals surface area contributed by atoms with Gasteiger partial charge in [-0.25, -0.2) is 0 Å². The lowest BCUT2D eigenvalue weighted by molar-refractivity contribution is -0.153. The Hall–Kier alpha value is -0.870. The summed E-state index contributed by atoms with van der Waals surface area (Å²) in [5.41, 5.74) is 0.750. The van der Waals surface area contributed by atoms with E-state index in [-0.39, 0.29) is 0 Å². The summed E-state index contributed by atoms with van der Waals surface area (Å²) in [4.78, 5) is 14.0. The van der Waals surface area contributed by atoms with Gasteiger partial charge in [0.05, 0.1) is 5.41 Å². The van der Waals surface area contributed by atoms with Crippen molar-refractivity contribution >= 4 is 21.9 Å². The highest BCUT2D eigenvalue weighted by Gasteiger charge is 2.41. The fourth-order valence-electron chi connectivity index (χ4n) is 3.25. The van der Waals surface area contributed by atoms with Gasteiger partial charge in [-0.1, -0.05) is 35.0 Å². The summed E-state index contributed by atoms with van der Waals surface area (Å²) < 4.78 is 1.09. The Bertz CT molecular complexity index is 488. The largest absolute Gasteiger partial charge is 0.481 e. The van der Waals surface area contributed by atoms with Gasteiger partial charge >= 0.3 is 5.97 Å². The zero-order valence-corrected chi connectivity index (χ0v) is 14.4. The first-order valence-corrected chi connectivity index (χ1v) is 8.48. The topological polar surface area (TPSA) is 40.5 Å². The second-order valence-electron chi connectivity index (χ2n) is 6.19. The number of aliphatic carboxylic acids is 1. The molecular weight excluding hydrogens is 330 g/mol. The Balaban J connectivity index is 2.03. The number of likely N-dealkylation sites (tertiary alicyclic amines) is 1. The van der Waals surface area contributed by atoms with E-state index in [9.17, 15) is 9.90 Å². The van der Waals surface area contributed by atoms with Crippen molar-refractivity contribution in [1.82, 2.24) is 4.90 Å². The lowest BCUT2D eigenvalue weighted by Gasteiger charge is -2.42. The lowest BCUT2D eigenvalue weighted by atomic mass is 9.77. The van der Waals surface area contributed by atoms with Crippen LogP contribution in [0, 0.1) is 5.41 Å². The van der Waals surface area contributed by atoms with Gasteiger partial charge in [-0.05, 0) is 56.8 Å². The van der Waals surface area contributed by atoms with Crippen molar-refractivity contribution in [1.29, 1.82) is 0 Å². The van der Waals surface area contributed by atoms with Crippen LogP contribution >= 0.6 is 15.9 Å². The number of benzene rings is 1. The third kappa shape index (κ3) is 3.86. The summed E-state index contributed by atoms with van der Waals surface area (Å²) >= 11 is 3.45. The number of halogens is 1. The van der Waals surface area contributed by atoms with Gasteiger partial charge in [-0.15, -0.1) is 0 Å². The van der Waals surface area contributed by atoms with Crippen LogP contribution in [-0.2, 0) is 11.2 Å². The van der Waals surface area contributed by atoms with Crippen molar-refractivity contribution in [2.24, 2.45) is 5.41 Å². The highest BCUT2D eigenvalue weighted by atomic mass is 79.9. The number of carboxylic acid groups (broad SMARTS) is 1. The molecule has 1 aliphatic heterocycles. The number of rotatable bonds is 5. The Morgan fingerprint density at radius 3 is 2.67 bits per heavy atom. The first-order valence-electron chi connectivity index (χ1n) is 7.69. The average Bonchev–Trinajstić information content (AvgIpc) is 2.49. The molecule has 21 heavy (non-hydrogen) atoms. The molecule has 1 aliphatic rings. The zero-order valence-electron chi connectivity index (χ0n) is 12.8. The van der Waals surface area contributed by atoms with Gasteiger partial charge in [0.15, 0.2) is 0 Å². The molecule has 1 N–H and O–H groups in total. The first-order chi connectivity index (χ1) is 9.97. The molecule has 3 nitrogen and oxygen atoms in total. The fraction of sp³-hybridized carbons (Fsp3) is 0.588. The maximum Gasteiger partial charge on any atom is 0.310 e. The van der Waals surface area contributed by atoms with E-state index in [0.717, 1.165) is 30.3 Å². The summed E-state index contributed by atoms with van der Waals surface area (Å²) in [6, 6.07) is 8.76. The second-order valence-corrected chi connectivity index (χ2v) is 7.11. The minimum Gasteiger partial charge on any atom is -0.481 e. The molecule has 1 heterocycles. The normalized spacial score (nSPS) is 24.7. The SMILES string of the molecule is CCC1(C(=O)O)CCCN(C(C)Cc2ccc(Br)cc2)C1. The van der Waals surface area contributed by atoms with Crippen molar-refractivity contribution in [3.63, 3.8) is 0 Å². The summed E-state index contributed by atoms with van der Waals surface area (Å²) in [6.45, 7) is 5.88. The summed E-state index contributed by atoms with van der Waals surface area (Å²) in [5.74, 6) is -0.634. The predicted octanol–water partition coefficient (Wildman–Crippen LogP) is 3.96. The molecule has 1 aromatic carbocycles. The van der Waals surface area contributed by atoms with Crippen molar-refractivity contribution in [2.45, 2.75) is 45.6 Å². The smallest absolute Gasteiger partial charge is 0.310 e. The van der Waals surface area contributed by atoms with Crippen LogP contribution in [0.3, 0.4) is 0 Å². The average molecular weight is 354 g/mol. The van der Waals surface area contributed by atoms with E-state index >= 15 is 0 Å². The van der Waals surface area contributed by atoms with E-state index < -0.39 is 11.4 Å². The maximum atomic E-state index is 11.6. The summed E-state index contributed by atoms with van der Waals surface area (Å²) in [7, 11) is 0. The number of carbonyl (C=O) groups is 1. The maximum absolute atomic E-state index is 11.6. The van der Waals surface area contributed by atoms with E-state index in [1.165, 1.54) is 5.56 Å². The van der Waals surface area contributed by atoms with Gasteiger partial charge in [-0.3, -0.25) is 9.69 Å². The minimum atomic E-state index is -0.634. The monoisotopic (exact) mass is 353 g/mol. The molecule has 1 saturated heterocycles. The number of hydrogen-bond donors (Lipinski definition) is 1. The molecular formula is C17H24BrNO2. The molecule has 0 aliphatic carbocycles. The quantitative estimate of drug-likeness (QED) is 0.870. The molecule has 116 valence electrons. The van der Waals surface area contributed by atoms with Gasteiger partial charge in [-0.2, -0.15) is 0 Å². The molecule has 0 bridgehead atoms. The molecule has 0 spiro atoms. The predicted molar refractivity (Wildman–Crippen MR) is 88.5 cm³/mol. The molecule has 4 heteroatoms. The minimum absolute atomic E-state index is 0.372. The van der Waals surface area contributed by atoms with E-state index in [4.69, 9.17) is 0 Å². The molecule has 0 amide bonds. The molecule has 2 rings (SSSR count). The number of nitrogens with zero attached hydrogens (tertiary/aromatic N) is 1. The molecule has 1 fully saturated rings. The third-order valence-corrected chi connectivity index (χ3v) is 5.33. The van der Waals surface area contributed by atoms with Crippen LogP contribution in [0.4, 0.5) is 0 Å². The van der Waals surface area contributed by atoms with Crippen LogP contribution in [0.15, 0.2) is 28.7 Å². The van der Waals surface area contributed by atoms with Crippen LogP contribution in [0.5, 0.6) is 0 Å². The van der Waals surface area contributed by atoms with Crippen molar-refractivity contribution in [2.75, 3.05) is 13.1 Å². The number of carboxylic acids is 1. The number of piperidine rings is 1. The molecule has 0 aromatic heterocycles. The van der Waals surface area contributed by atoms with Gasteiger partial charge in [0.2, 0.25) is 0 Å². The Morgan fingerprint density at radius 1 is 1.43 bits per heavy atom. The Kier molecular flexibility index (Phi) is 5.44. The van der Waals surface area contributed by atoms with Crippen LogP contribution in [0.2, 0.25) is 0 Å². The third-order valence-electron chi connectivity index (χ3n) is 4.80. The van der Waals surface area contributed by atoms with Crippen molar-refractivity contribution < 1.29 is 9.90 Å². The van der Waals surface area contributed by atoms with Crippen LogP contribution in [0.1, 0.15) is 38.7 Å². The van der Waals surface area contributed by atoms with Gasteiger partial charge in [0.1, 0.15) is 0 Å². The number of hydrogen-bond acceptors (Lipinski definition) is 2. The van der Waals surface area contributed by atoms with Crippen molar-refractivity contribution in [3.8, 4) is 0 Å². The van der Waals surface area contributed by atoms with Gasteiger partial charge < -0.3 is 5.11 Å². The van der Waals surface area contributed by atoms with Crippen LogP contribution in [-0.4, -0.2) is 35.1 Å². The summed E-state index contributed by atoms with van der Waals surface area (Å²) in [6.07, 6.45) is 3.46. The van der Waals surface area contributed by atoms with Crippen molar-refractivity contribution in [3.05, 3.63) is 34.3 Å². The highest BCUT2D eigenvalue weighted by Crippen LogP contribution is 2.34. The molecule has 2 atom stereocenters. The van der Waals surface area contributed by atoms with Gasteiger partial charge in [0.25, 0.3) is 0 Å². The standard InChI is InChI=1S/C17H24BrNO2/c1-3-17(16(20)21)9-4-10-19(12-17)13(2)11-14-5-7-15(18)8-6-14/h5-8,13H,3-4,9-12H2,1-2H3,(H,20,21). The molecule has 0 radical (unpaired) electrons. The van der Waals surface area contributed by atoms with Crippen LogP contribution < -0.4 is 0 Å². The van der Waals surface area contributed by atoms with E-state index in [0.29, 0.717) is 19.0 Å². The molecule has 1 aromatic rings. The fourth-order valence-corrected chi connectivity index (χ4v) is 3.51. The lowest BCUT2D eigenvalue weighted by Crippen LogP contribution is -2.50. The first kappa shape index (κ1) is 16.5. The van der Waals surface area contributed by atoms with Gasteiger partial charge in [0, 0.05) is 17.1 Å². The molecule has 2 unspecified atom stereocenters. The van der Waals surface area contributed by atoms with E-state index in [2.05, 4.69) is 52.0 Å². The van der Waals surface area contributed by atoms with E-state index in [1.54, 1.807) is 0 Å². The van der Waals surface area contributed by atoms with E-state index in [1.807, 2.05) is 6.92 Å². The Morgan fingerprint density at radius 2 is 2.10 bits per heavy atom. The second kappa shape index (κ2) is 6.93. The Labute approximate surface area is 135 Å². The summed E-state index contributed by atoms with van der Waals surface area (Å²) in [5, 5.41) is 9.58. The molecule has 0 saturated carbocycles. The van der Waals surface area contributed by atoms with Crippen LogP contribution in [0.25, 0.3) is 0 Å². The highest BCUT2D eigenvalue weighted by molar-refractivity contribution is 9.10. The zero-order chi connectivity index (χ0) is 15.5.